The predicted molar refractivity (Wildman–Crippen MR) is 84.7 cm³/mol. The highest BCUT2D eigenvalue weighted by molar-refractivity contribution is 14.1. The maximum absolute atomic E-state index is 5.90. The van der Waals surface area contributed by atoms with Crippen LogP contribution in [-0.2, 0) is 0 Å². The fourth-order valence-electron chi connectivity index (χ4n) is 1.81. The Labute approximate surface area is 122 Å². The minimum atomic E-state index is 0.637. The molecule has 2 heterocycles. The van der Waals surface area contributed by atoms with Crippen LogP contribution in [-0.4, -0.2) is 9.97 Å². The Hall–Kier alpha value is -1.21. The van der Waals surface area contributed by atoms with Crippen molar-refractivity contribution < 1.29 is 0 Å². The molecule has 0 radical (unpaired) electrons. The number of benzene rings is 1. The van der Waals surface area contributed by atoms with E-state index in [0.717, 1.165) is 15.2 Å². The number of thiazole rings is 1. The Morgan fingerprint density at radius 3 is 2.89 bits per heavy atom. The average Bonchev–Trinajstić information content (AvgIpc) is 2.77. The second kappa shape index (κ2) is 4.47. The molecule has 2 aromatic heterocycles. The van der Waals surface area contributed by atoms with Crippen molar-refractivity contribution >= 4 is 49.8 Å². The van der Waals surface area contributed by atoms with Crippen molar-refractivity contribution in [3.05, 3.63) is 39.7 Å². The van der Waals surface area contributed by atoms with Gasteiger partial charge in [0.15, 0.2) is 0 Å². The van der Waals surface area contributed by atoms with Crippen LogP contribution < -0.4 is 5.73 Å². The van der Waals surface area contributed by atoms with Gasteiger partial charge in [0.2, 0.25) is 0 Å². The van der Waals surface area contributed by atoms with E-state index in [0.29, 0.717) is 5.69 Å². The highest BCUT2D eigenvalue weighted by Gasteiger charge is 2.11. The maximum Gasteiger partial charge on any atom is 0.125 e. The van der Waals surface area contributed by atoms with E-state index in [1.807, 2.05) is 6.20 Å². The van der Waals surface area contributed by atoms with Gasteiger partial charge in [-0.1, -0.05) is 6.07 Å². The monoisotopic (exact) mass is 367 g/mol. The molecule has 0 unspecified atom stereocenters. The molecular formula is C13H10IN3S. The Morgan fingerprint density at radius 2 is 2.11 bits per heavy atom. The summed E-state index contributed by atoms with van der Waals surface area (Å²) in [6.07, 6.45) is 3.46. The standard InChI is InChI=1S/C13H10IN3S/c1-7-2-3-8(14)4-9(7)13-17-12-10(15)5-16-6-11(12)18-13/h2-6H,15H2,1H3. The van der Waals surface area contributed by atoms with Gasteiger partial charge in [-0.3, -0.25) is 4.98 Å². The number of aryl methyl sites for hydroxylation is 1. The van der Waals surface area contributed by atoms with Crippen LogP contribution in [0, 0.1) is 10.5 Å². The normalized spacial score (nSPS) is 11.0. The van der Waals surface area contributed by atoms with Gasteiger partial charge in [-0.2, -0.15) is 0 Å². The van der Waals surface area contributed by atoms with Crippen LogP contribution in [0.1, 0.15) is 5.56 Å². The summed E-state index contributed by atoms with van der Waals surface area (Å²) in [7, 11) is 0. The molecule has 1 aromatic carbocycles. The predicted octanol–water partition coefficient (Wildman–Crippen LogP) is 3.85. The number of hydrogen-bond acceptors (Lipinski definition) is 4. The third-order valence-corrected chi connectivity index (χ3v) is 4.46. The van der Waals surface area contributed by atoms with Crippen molar-refractivity contribution in [1.82, 2.24) is 9.97 Å². The first-order chi connectivity index (χ1) is 8.65. The number of nitrogens with two attached hydrogens (primary N) is 1. The van der Waals surface area contributed by atoms with Crippen LogP contribution in [0.2, 0.25) is 0 Å². The molecule has 0 amide bonds. The Balaban J connectivity index is 2.26. The molecule has 5 heteroatoms. The molecule has 0 spiro atoms. The quantitative estimate of drug-likeness (QED) is 0.665. The van der Waals surface area contributed by atoms with Crippen LogP contribution in [0.25, 0.3) is 20.8 Å². The van der Waals surface area contributed by atoms with E-state index in [4.69, 9.17) is 5.73 Å². The minimum absolute atomic E-state index is 0.637. The number of nitrogens with zero attached hydrogens (tertiary/aromatic N) is 2. The van der Waals surface area contributed by atoms with Gasteiger partial charge < -0.3 is 5.73 Å². The van der Waals surface area contributed by atoms with Crippen molar-refractivity contribution in [2.24, 2.45) is 0 Å². The second-order valence-electron chi connectivity index (χ2n) is 4.05. The topological polar surface area (TPSA) is 51.8 Å². The lowest BCUT2D eigenvalue weighted by molar-refractivity contribution is 1.35. The maximum atomic E-state index is 5.90. The molecule has 3 rings (SSSR count). The molecular weight excluding hydrogens is 357 g/mol. The van der Waals surface area contributed by atoms with E-state index in [1.54, 1.807) is 17.5 Å². The second-order valence-corrected chi connectivity index (χ2v) is 6.33. The summed E-state index contributed by atoms with van der Waals surface area (Å²) in [6, 6.07) is 6.37. The van der Waals surface area contributed by atoms with Gasteiger partial charge in [0, 0.05) is 15.3 Å². The zero-order chi connectivity index (χ0) is 12.7. The molecule has 0 bridgehead atoms. The van der Waals surface area contributed by atoms with E-state index in [2.05, 4.69) is 57.7 Å². The Kier molecular flexibility index (Phi) is 2.95. The molecule has 0 atom stereocenters. The molecule has 18 heavy (non-hydrogen) atoms. The van der Waals surface area contributed by atoms with Gasteiger partial charge in [-0.05, 0) is 47.2 Å². The van der Waals surface area contributed by atoms with Crippen molar-refractivity contribution in [3.63, 3.8) is 0 Å². The first kappa shape index (κ1) is 11.9. The number of anilines is 1. The molecule has 90 valence electrons. The number of hydrogen-bond donors (Lipinski definition) is 1. The van der Waals surface area contributed by atoms with Crippen LogP contribution in [0.15, 0.2) is 30.6 Å². The van der Waals surface area contributed by atoms with Gasteiger partial charge in [-0.25, -0.2) is 4.98 Å². The van der Waals surface area contributed by atoms with Crippen molar-refractivity contribution in [1.29, 1.82) is 0 Å². The summed E-state index contributed by atoms with van der Waals surface area (Å²) in [6.45, 7) is 2.10. The highest BCUT2D eigenvalue weighted by Crippen LogP contribution is 2.34. The molecule has 0 aliphatic carbocycles. The molecule has 0 saturated carbocycles. The Morgan fingerprint density at radius 1 is 1.28 bits per heavy atom. The van der Waals surface area contributed by atoms with Gasteiger partial charge >= 0.3 is 0 Å². The zero-order valence-electron chi connectivity index (χ0n) is 9.64. The summed E-state index contributed by atoms with van der Waals surface area (Å²) in [5.41, 5.74) is 9.78. The van der Waals surface area contributed by atoms with Crippen molar-refractivity contribution in [3.8, 4) is 10.6 Å². The summed E-state index contributed by atoms with van der Waals surface area (Å²) in [5.74, 6) is 0. The number of aromatic nitrogens is 2. The first-order valence-electron chi connectivity index (χ1n) is 5.41. The molecule has 2 N–H and O–H groups in total. The summed E-state index contributed by atoms with van der Waals surface area (Å²) >= 11 is 3.94. The smallest absolute Gasteiger partial charge is 0.125 e. The molecule has 0 saturated heterocycles. The molecule has 3 nitrogen and oxygen atoms in total. The van der Waals surface area contributed by atoms with Gasteiger partial charge in [0.05, 0.1) is 16.6 Å². The number of pyridine rings is 1. The fourth-order valence-corrected chi connectivity index (χ4v) is 3.35. The van der Waals surface area contributed by atoms with Crippen LogP contribution >= 0.6 is 33.9 Å². The highest BCUT2D eigenvalue weighted by atomic mass is 127. The van der Waals surface area contributed by atoms with Crippen molar-refractivity contribution in [2.75, 3.05) is 5.73 Å². The average molecular weight is 367 g/mol. The molecule has 0 aliphatic rings. The van der Waals surface area contributed by atoms with Gasteiger partial charge in [-0.15, -0.1) is 11.3 Å². The van der Waals surface area contributed by atoms with Gasteiger partial charge in [0.1, 0.15) is 10.5 Å². The SMILES string of the molecule is Cc1ccc(I)cc1-c1nc2c(N)cncc2s1. The van der Waals surface area contributed by atoms with Crippen LogP contribution in [0.4, 0.5) is 5.69 Å². The Bertz CT molecular complexity index is 736. The third-order valence-electron chi connectivity index (χ3n) is 2.76. The first-order valence-corrected chi connectivity index (χ1v) is 7.31. The minimum Gasteiger partial charge on any atom is -0.396 e. The largest absolute Gasteiger partial charge is 0.396 e. The van der Waals surface area contributed by atoms with E-state index in [-0.39, 0.29) is 0 Å². The fraction of sp³-hybridized carbons (Fsp3) is 0.0769. The lowest BCUT2D eigenvalue weighted by Gasteiger charge is -2.02. The third kappa shape index (κ3) is 1.97. The number of rotatable bonds is 1. The van der Waals surface area contributed by atoms with E-state index in [9.17, 15) is 0 Å². The number of fused-ring (bicyclic) bond motifs is 1. The van der Waals surface area contributed by atoms with E-state index < -0.39 is 0 Å². The van der Waals surface area contributed by atoms with Crippen molar-refractivity contribution in [2.45, 2.75) is 6.92 Å². The van der Waals surface area contributed by atoms with Crippen LogP contribution in [0.3, 0.4) is 0 Å². The van der Waals surface area contributed by atoms with Gasteiger partial charge in [0.25, 0.3) is 0 Å². The molecule has 3 aromatic rings. The summed E-state index contributed by atoms with van der Waals surface area (Å²) in [4.78, 5) is 8.74. The van der Waals surface area contributed by atoms with Crippen LogP contribution in [0.5, 0.6) is 0 Å². The lowest BCUT2D eigenvalue weighted by atomic mass is 10.1. The number of nitrogen functional groups attached to an aromatic ring is 1. The van der Waals surface area contributed by atoms with E-state index in [1.165, 1.54) is 14.7 Å². The lowest BCUT2D eigenvalue weighted by Crippen LogP contribution is -1.87. The summed E-state index contributed by atoms with van der Waals surface area (Å²) in [5, 5.41) is 1.00. The summed E-state index contributed by atoms with van der Waals surface area (Å²) < 4.78 is 2.24. The van der Waals surface area contributed by atoms with E-state index >= 15 is 0 Å². The molecule has 0 fully saturated rings. The number of halogens is 1. The molecule has 0 aliphatic heterocycles. The zero-order valence-corrected chi connectivity index (χ0v) is 12.6.